The number of benzene rings is 2. The summed E-state index contributed by atoms with van der Waals surface area (Å²) in [5, 5.41) is 16.5. The van der Waals surface area contributed by atoms with Gasteiger partial charge in [-0.3, -0.25) is 10.1 Å². The van der Waals surface area contributed by atoms with Crippen LogP contribution in [0.15, 0.2) is 73.3 Å². The topological polar surface area (TPSA) is 87.0 Å². The van der Waals surface area contributed by atoms with Crippen LogP contribution in [0, 0.1) is 11.6 Å². The quantitative estimate of drug-likeness (QED) is 0.346. The molecule has 2 aliphatic heterocycles. The molecule has 0 radical (unpaired) electrons. The van der Waals surface area contributed by atoms with Crippen LogP contribution in [0.4, 0.5) is 14.5 Å². The number of H-pyrrole nitrogens is 1. The molecule has 0 spiro atoms. The lowest BCUT2D eigenvalue weighted by Crippen LogP contribution is -2.44. The second-order valence-electron chi connectivity index (χ2n) is 10.1. The molecule has 0 unspecified atom stereocenters. The van der Waals surface area contributed by atoms with E-state index in [1.54, 1.807) is 35.4 Å². The lowest BCUT2D eigenvalue weighted by Gasteiger charge is -2.30. The third-order valence-corrected chi connectivity index (χ3v) is 7.90. The van der Waals surface area contributed by atoms with Crippen LogP contribution in [0.1, 0.15) is 6.42 Å². The van der Waals surface area contributed by atoms with Gasteiger partial charge in [-0.05, 0) is 42.3 Å². The highest BCUT2D eigenvalue weighted by Gasteiger charge is 2.39. The molecule has 2 fully saturated rings. The molecule has 6 aromatic rings. The van der Waals surface area contributed by atoms with E-state index < -0.39 is 11.6 Å². The summed E-state index contributed by atoms with van der Waals surface area (Å²) in [5.41, 5.74) is 5.39. The highest BCUT2D eigenvalue weighted by molar-refractivity contribution is 6.02. The number of aromatic nitrogens is 6. The van der Waals surface area contributed by atoms with E-state index in [1.807, 2.05) is 35.2 Å². The fraction of sp³-hybridized carbons (Fsp3) is 0.172. The lowest BCUT2D eigenvalue weighted by atomic mass is 9.99. The van der Waals surface area contributed by atoms with Crippen molar-refractivity contribution in [3.63, 3.8) is 0 Å². The molecule has 4 aromatic heterocycles. The number of pyridine rings is 1. The lowest BCUT2D eigenvalue weighted by molar-refractivity contribution is 0.554. The smallest absolute Gasteiger partial charge is 0.164 e. The first-order valence-electron chi connectivity index (χ1n) is 12.9. The Bertz CT molecular complexity index is 1880. The number of piperazine rings is 1. The number of nitrogens with zero attached hydrogens (tertiary/aromatic N) is 6. The molecule has 2 atom stereocenters. The molecule has 6 heterocycles. The molecule has 2 aromatic carbocycles. The summed E-state index contributed by atoms with van der Waals surface area (Å²) in [6.45, 7) is 1.47. The van der Waals surface area contributed by atoms with Gasteiger partial charge in [0.1, 0.15) is 17.3 Å². The number of aromatic amines is 1. The van der Waals surface area contributed by atoms with Gasteiger partial charge >= 0.3 is 0 Å². The van der Waals surface area contributed by atoms with Crippen LogP contribution in [0.3, 0.4) is 0 Å². The maximum atomic E-state index is 15.8. The van der Waals surface area contributed by atoms with Crippen LogP contribution in [-0.2, 0) is 0 Å². The number of anilines is 1. The van der Waals surface area contributed by atoms with Gasteiger partial charge in [-0.25, -0.2) is 18.3 Å². The molecule has 0 aliphatic carbocycles. The number of halogens is 2. The first-order valence-corrected chi connectivity index (χ1v) is 12.9. The first-order chi connectivity index (χ1) is 19.2. The van der Waals surface area contributed by atoms with Crippen molar-refractivity contribution in [1.82, 2.24) is 35.1 Å². The van der Waals surface area contributed by atoms with E-state index in [0.717, 1.165) is 40.6 Å². The van der Waals surface area contributed by atoms with Crippen LogP contribution in [0.5, 0.6) is 0 Å². The molecular formula is C29H22F2N8. The Morgan fingerprint density at radius 2 is 1.85 bits per heavy atom. The van der Waals surface area contributed by atoms with Crippen molar-refractivity contribution >= 4 is 22.2 Å². The van der Waals surface area contributed by atoms with E-state index in [9.17, 15) is 0 Å². The van der Waals surface area contributed by atoms with Crippen molar-refractivity contribution < 1.29 is 8.78 Å². The highest BCUT2D eigenvalue weighted by atomic mass is 19.1. The Balaban J connectivity index is 1.35. The van der Waals surface area contributed by atoms with E-state index in [2.05, 4.69) is 25.5 Å². The monoisotopic (exact) mass is 520 g/mol. The second kappa shape index (κ2) is 8.40. The Hall–Kier alpha value is -4.70. The van der Waals surface area contributed by atoms with Crippen LogP contribution < -0.4 is 10.2 Å². The Kier molecular flexibility index (Phi) is 4.80. The molecule has 10 heteroatoms. The van der Waals surface area contributed by atoms with E-state index in [1.165, 1.54) is 12.1 Å². The largest absolute Gasteiger partial charge is 0.363 e. The Labute approximate surface area is 221 Å². The number of rotatable bonds is 4. The maximum absolute atomic E-state index is 15.8. The Morgan fingerprint density at radius 3 is 2.67 bits per heavy atom. The molecule has 0 saturated carbocycles. The van der Waals surface area contributed by atoms with Gasteiger partial charge in [0.25, 0.3) is 0 Å². The highest BCUT2D eigenvalue weighted by Crippen LogP contribution is 2.40. The molecule has 8 rings (SSSR count). The summed E-state index contributed by atoms with van der Waals surface area (Å²) < 4.78 is 32.9. The van der Waals surface area contributed by atoms with Crippen molar-refractivity contribution in [3.05, 3.63) is 85.0 Å². The normalized spacial score (nSPS) is 18.6. The van der Waals surface area contributed by atoms with Crippen LogP contribution in [0.2, 0.25) is 0 Å². The fourth-order valence-corrected chi connectivity index (χ4v) is 6.10. The van der Waals surface area contributed by atoms with E-state index in [4.69, 9.17) is 5.10 Å². The van der Waals surface area contributed by atoms with E-state index >= 15 is 8.78 Å². The molecule has 192 valence electrons. The van der Waals surface area contributed by atoms with Gasteiger partial charge in [-0.1, -0.05) is 12.1 Å². The average Bonchev–Trinajstić information content (AvgIpc) is 3.77. The van der Waals surface area contributed by atoms with Crippen molar-refractivity contribution in [2.24, 2.45) is 0 Å². The summed E-state index contributed by atoms with van der Waals surface area (Å²) in [4.78, 5) is 10.8. The second-order valence-corrected chi connectivity index (χ2v) is 10.1. The maximum Gasteiger partial charge on any atom is 0.164 e. The minimum atomic E-state index is -0.505. The third kappa shape index (κ3) is 3.38. The molecule has 8 nitrogen and oxygen atoms in total. The summed E-state index contributed by atoms with van der Waals surface area (Å²) in [5.74, 6) is -0.956. The molecule has 0 amide bonds. The molecule has 2 bridgehead atoms. The van der Waals surface area contributed by atoms with Crippen molar-refractivity contribution in [1.29, 1.82) is 0 Å². The van der Waals surface area contributed by atoms with Crippen LogP contribution >= 0.6 is 0 Å². The molecule has 2 aliphatic rings. The van der Waals surface area contributed by atoms with Gasteiger partial charge in [-0.15, -0.1) is 0 Å². The predicted molar refractivity (Wildman–Crippen MR) is 144 cm³/mol. The Morgan fingerprint density at radius 1 is 0.949 bits per heavy atom. The predicted octanol–water partition coefficient (Wildman–Crippen LogP) is 4.83. The van der Waals surface area contributed by atoms with Crippen molar-refractivity contribution in [2.45, 2.75) is 18.5 Å². The molecular weight excluding hydrogens is 498 g/mol. The van der Waals surface area contributed by atoms with Crippen LogP contribution in [0.25, 0.3) is 50.2 Å². The van der Waals surface area contributed by atoms with Gasteiger partial charge in [0.05, 0.1) is 28.7 Å². The van der Waals surface area contributed by atoms with Gasteiger partial charge in [0.2, 0.25) is 0 Å². The summed E-state index contributed by atoms with van der Waals surface area (Å²) >= 11 is 0. The summed E-state index contributed by atoms with van der Waals surface area (Å²) in [6, 6.07) is 14.4. The number of nitrogens with one attached hydrogen (secondary N) is 2. The summed E-state index contributed by atoms with van der Waals surface area (Å²) in [7, 11) is 0. The van der Waals surface area contributed by atoms with Gasteiger partial charge < -0.3 is 10.2 Å². The van der Waals surface area contributed by atoms with E-state index in [-0.39, 0.29) is 11.6 Å². The zero-order chi connectivity index (χ0) is 26.1. The fourth-order valence-electron chi connectivity index (χ4n) is 6.10. The van der Waals surface area contributed by atoms with Crippen molar-refractivity contribution in [2.75, 3.05) is 18.0 Å². The van der Waals surface area contributed by atoms with Gasteiger partial charge in [-0.2, -0.15) is 10.2 Å². The average molecular weight is 521 g/mol. The SMILES string of the molecule is Fc1cc(N2C[C@H]3C[C@H]2CN3)c(F)cc1-c1ccnc2c(-c3cccc4[nH]ncc34)c(-c3ccncc3)nn12. The van der Waals surface area contributed by atoms with Gasteiger partial charge in [0, 0.05) is 66.3 Å². The molecule has 39 heavy (non-hydrogen) atoms. The molecule has 2 N–H and O–H groups in total. The first kappa shape index (κ1) is 22.3. The van der Waals surface area contributed by atoms with Crippen molar-refractivity contribution in [3.8, 4) is 33.6 Å². The van der Waals surface area contributed by atoms with E-state index in [0.29, 0.717) is 35.3 Å². The van der Waals surface area contributed by atoms with Crippen LogP contribution in [-0.4, -0.2) is 55.0 Å². The zero-order valence-electron chi connectivity index (χ0n) is 20.6. The van der Waals surface area contributed by atoms with Gasteiger partial charge in [0.15, 0.2) is 5.65 Å². The minimum absolute atomic E-state index is 0.128. The molecule has 2 saturated heterocycles. The number of hydrogen-bond donors (Lipinski definition) is 2. The summed E-state index contributed by atoms with van der Waals surface area (Å²) in [6.07, 6.45) is 7.72. The minimum Gasteiger partial charge on any atom is -0.363 e. The number of hydrogen-bond acceptors (Lipinski definition) is 6. The standard InChI is InChI=1S/C29H22F2N8/c30-22-12-26(38-15-17-10-18(38)13-34-17)23(31)11-20(22)25-6-9-33-29-27(19-2-1-3-24-21(19)14-35-36-24)28(37-39(25)29)16-4-7-32-8-5-16/h1-9,11-12,14,17-18,34H,10,13,15H2,(H,35,36)/t17-,18+/m1/s1. The zero-order valence-corrected chi connectivity index (χ0v) is 20.6. The third-order valence-electron chi connectivity index (χ3n) is 7.90. The number of fused-ring (bicyclic) bond motifs is 4.